The van der Waals surface area contributed by atoms with E-state index in [1.165, 1.54) is 193 Å². The number of hydrogen-bond donors (Lipinski definition) is 2. The van der Waals surface area contributed by atoms with Gasteiger partial charge in [0.05, 0.1) is 0 Å². The zero-order valence-corrected chi connectivity index (χ0v) is 31.6. The van der Waals surface area contributed by atoms with Crippen LogP contribution in [-0.4, -0.2) is 11.8 Å². The molecule has 0 aromatic rings. The van der Waals surface area contributed by atoms with Gasteiger partial charge in [0.2, 0.25) is 11.8 Å². The molecule has 0 heterocycles. The van der Waals surface area contributed by atoms with Gasteiger partial charge in [-0.1, -0.05) is 232 Å². The van der Waals surface area contributed by atoms with Crippen LogP contribution < -0.4 is 11.5 Å². The molecule has 0 aliphatic rings. The Morgan fingerprint density at radius 3 is 0.609 bits per heavy atom. The minimum atomic E-state index is -0.394. The first-order chi connectivity index (χ1) is 22.5. The van der Waals surface area contributed by atoms with E-state index in [1.807, 2.05) is 0 Å². The van der Waals surface area contributed by atoms with Crippen LogP contribution >= 0.6 is 0 Å². The number of unbranched alkanes of at least 4 members (excludes halogenated alkanes) is 32. The molecule has 4 nitrogen and oxygen atoms in total. The van der Waals surface area contributed by atoms with E-state index in [1.54, 1.807) is 0 Å². The smallest absolute Gasteiger partial charge is 0.221 e. The summed E-state index contributed by atoms with van der Waals surface area (Å²) in [6.07, 6.45) is 46.9. The van der Waals surface area contributed by atoms with Crippen LogP contribution in [-0.2, 0) is 9.59 Å². The molecular formula is C42H84N2O2. The van der Waals surface area contributed by atoms with Crippen molar-refractivity contribution in [1.29, 1.82) is 0 Å². The number of hydrogen-bond acceptors (Lipinski definition) is 2. The summed E-state index contributed by atoms with van der Waals surface area (Å²) in [5, 5.41) is 0. The highest BCUT2D eigenvalue weighted by Crippen LogP contribution is 2.25. The zero-order chi connectivity index (χ0) is 33.8. The van der Waals surface area contributed by atoms with E-state index < -0.39 is 11.8 Å². The van der Waals surface area contributed by atoms with Crippen molar-refractivity contribution < 1.29 is 9.59 Å². The molecule has 2 amide bonds. The van der Waals surface area contributed by atoms with E-state index in [2.05, 4.69) is 13.8 Å². The minimum absolute atomic E-state index is 0.340. The number of nitrogens with two attached hydrogens (primary N) is 2. The Morgan fingerprint density at radius 2 is 0.457 bits per heavy atom. The van der Waals surface area contributed by atoms with Crippen LogP contribution in [0, 0.1) is 11.8 Å². The average molecular weight is 649 g/mol. The molecule has 0 spiro atoms. The largest absolute Gasteiger partial charge is 0.369 e. The number of primary amides is 2. The first kappa shape index (κ1) is 44.9. The molecule has 2 atom stereocenters. The van der Waals surface area contributed by atoms with Crippen molar-refractivity contribution in [3.05, 3.63) is 0 Å². The Morgan fingerprint density at radius 1 is 0.304 bits per heavy atom. The van der Waals surface area contributed by atoms with Crippen LogP contribution in [0.3, 0.4) is 0 Å². The molecule has 0 saturated heterocycles. The van der Waals surface area contributed by atoms with Gasteiger partial charge in [0.15, 0.2) is 0 Å². The lowest BCUT2D eigenvalue weighted by Crippen LogP contribution is -2.37. The van der Waals surface area contributed by atoms with Gasteiger partial charge in [-0.15, -0.1) is 0 Å². The highest BCUT2D eigenvalue weighted by Gasteiger charge is 2.30. The Kier molecular flexibility index (Phi) is 35.9. The summed E-state index contributed by atoms with van der Waals surface area (Å²) in [4.78, 5) is 24.5. The Balaban J connectivity index is 3.72. The first-order valence-electron chi connectivity index (χ1n) is 21.1. The quantitative estimate of drug-likeness (QED) is 0.0650. The lowest BCUT2D eigenvalue weighted by Gasteiger charge is -2.22. The van der Waals surface area contributed by atoms with Gasteiger partial charge in [-0.2, -0.15) is 0 Å². The number of carbonyl (C=O) groups is 2. The van der Waals surface area contributed by atoms with Gasteiger partial charge in [-0.25, -0.2) is 0 Å². The summed E-state index contributed by atoms with van der Waals surface area (Å²) in [7, 11) is 0. The minimum Gasteiger partial charge on any atom is -0.369 e. The van der Waals surface area contributed by atoms with Gasteiger partial charge in [-0.3, -0.25) is 9.59 Å². The lowest BCUT2D eigenvalue weighted by molar-refractivity contribution is -0.132. The van der Waals surface area contributed by atoms with E-state index >= 15 is 0 Å². The van der Waals surface area contributed by atoms with Crippen LogP contribution in [0.15, 0.2) is 0 Å². The fourth-order valence-electron chi connectivity index (χ4n) is 7.26. The Bertz CT molecular complexity index is 637. The van der Waals surface area contributed by atoms with Crippen LogP contribution in [0.5, 0.6) is 0 Å². The molecule has 4 N–H and O–H groups in total. The summed E-state index contributed by atoms with van der Waals surface area (Å²) < 4.78 is 0. The van der Waals surface area contributed by atoms with Gasteiger partial charge in [-0.05, 0) is 12.8 Å². The third-order valence-electron chi connectivity index (χ3n) is 10.5. The molecular weight excluding hydrogens is 564 g/mol. The van der Waals surface area contributed by atoms with Crippen molar-refractivity contribution >= 4 is 11.8 Å². The second-order valence-corrected chi connectivity index (χ2v) is 14.9. The highest BCUT2D eigenvalue weighted by molar-refractivity contribution is 5.85. The number of amides is 2. The van der Waals surface area contributed by atoms with E-state index in [4.69, 9.17) is 11.5 Å². The molecule has 0 aromatic heterocycles. The van der Waals surface area contributed by atoms with Crippen molar-refractivity contribution in [2.75, 3.05) is 0 Å². The maximum absolute atomic E-state index is 12.2. The summed E-state index contributed by atoms with van der Waals surface area (Å²) >= 11 is 0. The lowest BCUT2D eigenvalue weighted by atomic mass is 9.83. The van der Waals surface area contributed by atoms with E-state index in [-0.39, 0.29) is 11.8 Å². The summed E-state index contributed by atoms with van der Waals surface area (Å²) in [6.45, 7) is 4.57. The van der Waals surface area contributed by atoms with Crippen molar-refractivity contribution in [3.63, 3.8) is 0 Å². The third kappa shape index (κ3) is 31.5. The average Bonchev–Trinajstić information content (AvgIpc) is 3.04. The molecule has 2 unspecified atom stereocenters. The van der Waals surface area contributed by atoms with Crippen LogP contribution in [0.1, 0.15) is 245 Å². The molecule has 0 aromatic carbocycles. The highest BCUT2D eigenvalue weighted by atomic mass is 16.2. The molecule has 274 valence electrons. The van der Waals surface area contributed by atoms with Gasteiger partial charge < -0.3 is 11.5 Å². The topological polar surface area (TPSA) is 86.2 Å². The Labute approximate surface area is 289 Å². The Hall–Kier alpha value is -1.06. The fourth-order valence-corrected chi connectivity index (χ4v) is 7.26. The standard InChI is InChI=1S/C42H84N2O2/c1-3-5-7-9-11-13-15-17-19-21-22-24-26-28-30-32-34-36-38-40(42(44)46)39(41(43)45)37-35-33-31-29-27-25-23-20-18-16-14-12-10-8-6-4-2/h39-40H,3-38H2,1-2H3,(H2,43,45)(H2,44,46). The number of rotatable bonds is 39. The second kappa shape index (κ2) is 36.8. The second-order valence-electron chi connectivity index (χ2n) is 14.9. The van der Waals surface area contributed by atoms with E-state index in [0.29, 0.717) is 12.8 Å². The van der Waals surface area contributed by atoms with Gasteiger partial charge >= 0.3 is 0 Å². The van der Waals surface area contributed by atoms with E-state index in [9.17, 15) is 9.59 Å². The molecule has 0 bridgehead atoms. The molecule has 0 radical (unpaired) electrons. The van der Waals surface area contributed by atoms with Crippen LogP contribution in [0.25, 0.3) is 0 Å². The molecule has 0 rings (SSSR count). The number of carbonyl (C=O) groups excluding carboxylic acids is 2. The van der Waals surface area contributed by atoms with Crippen molar-refractivity contribution in [1.82, 2.24) is 0 Å². The summed E-state index contributed by atoms with van der Waals surface area (Å²) in [5.41, 5.74) is 11.5. The molecule has 4 heteroatoms. The van der Waals surface area contributed by atoms with Crippen molar-refractivity contribution in [2.45, 2.75) is 245 Å². The van der Waals surface area contributed by atoms with Crippen molar-refractivity contribution in [3.8, 4) is 0 Å². The fraction of sp³-hybridized carbons (Fsp3) is 0.952. The van der Waals surface area contributed by atoms with E-state index in [0.717, 1.165) is 25.7 Å². The van der Waals surface area contributed by atoms with Crippen LogP contribution in [0.2, 0.25) is 0 Å². The van der Waals surface area contributed by atoms with Gasteiger partial charge in [0.25, 0.3) is 0 Å². The third-order valence-corrected chi connectivity index (χ3v) is 10.5. The summed E-state index contributed by atoms with van der Waals surface area (Å²) in [5.74, 6) is -1.47. The predicted octanol–water partition coefficient (Wildman–Crippen LogP) is 13.3. The maximum Gasteiger partial charge on any atom is 0.221 e. The zero-order valence-electron chi connectivity index (χ0n) is 31.6. The summed E-state index contributed by atoms with van der Waals surface area (Å²) in [6, 6.07) is 0. The monoisotopic (exact) mass is 649 g/mol. The molecule has 0 saturated carbocycles. The maximum atomic E-state index is 12.2. The van der Waals surface area contributed by atoms with Crippen LogP contribution in [0.4, 0.5) is 0 Å². The molecule has 0 fully saturated rings. The van der Waals surface area contributed by atoms with Gasteiger partial charge in [0, 0.05) is 11.8 Å². The molecule has 0 aliphatic heterocycles. The predicted molar refractivity (Wildman–Crippen MR) is 203 cm³/mol. The first-order valence-corrected chi connectivity index (χ1v) is 21.1. The molecule has 46 heavy (non-hydrogen) atoms. The SMILES string of the molecule is CCCCCCCCCCCCCCCCCCCCC(C(N)=O)C(CCCCCCCCCCCCCCCCCC)C(N)=O. The normalized spacial score (nSPS) is 12.8. The molecule has 0 aliphatic carbocycles. The van der Waals surface area contributed by atoms with Crippen molar-refractivity contribution in [2.24, 2.45) is 23.3 Å². The van der Waals surface area contributed by atoms with Gasteiger partial charge in [0.1, 0.15) is 0 Å².